The molecule has 88 valence electrons. The van der Waals surface area contributed by atoms with Gasteiger partial charge in [-0.15, -0.1) is 11.6 Å². The first-order chi connectivity index (χ1) is 8.06. The molecule has 0 radical (unpaired) electrons. The second-order valence-electron chi connectivity index (χ2n) is 3.62. The molecule has 0 spiro atoms. The van der Waals surface area contributed by atoms with Crippen LogP contribution in [-0.4, -0.2) is 0 Å². The Morgan fingerprint density at radius 3 is 1.71 bits per heavy atom. The Bertz CT molecular complexity index is 499. The highest BCUT2D eigenvalue weighted by Crippen LogP contribution is 2.32. The molecule has 0 saturated heterocycles. The Labute approximate surface area is 120 Å². The van der Waals surface area contributed by atoms with Crippen molar-refractivity contribution in [2.24, 2.45) is 0 Å². The van der Waals surface area contributed by atoms with Crippen molar-refractivity contribution in [3.8, 4) is 0 Å². The van der Waals surface area contributed by atoms with Gasteiger partial charge in [-0.25, -0.2) is 0 Å². The van der Waals surface area contributed by atoms with E-state index in [1.165, 1.54) is 0 Å². The molecule has 2 rings (SSSR count). The van der Waals surface area contributed by atoms with E-state index in [-0.39, 0.29) is 5.38 Å². The van der Waals surface area contributed by atoms with E-state index in [1.807, 2.05) is 12.1 Å². The van der Waals surface area contributed by atoms with Crippen LogP contribution in [0.15, 0.2) is 42.5 Å². The van der Waals surface area contributed by atoms with Gasteiger partial charge in [0.05, 0.1) is 5.38 Å². The highest BCUT2D eigenvalue weighted by molar-refractivity contribution is 6.35. The maximum absolute atomic E-state index is 6.37. The van der Waals surface area contributed by atoms with Crippen LogP contribution in [0.3, 0.4) is 0 Å². The first-order valence-electron chi connectivity index (χ1n) is 4.92. The summed E-state index contributed by atoms with van der Waals surface area (Å²) in [6.45, 7) is 0. The maximum atomic E-state index is 6.37. The molecule has 0 nitrogen and oxygen atoms in total. The van der Waals surface area contributed by atoms with Crippen LogP contribution in [0.1, 0.15) is 16.5 Å². The molecule has 0 N–H and O–H groups in total. The zero-order valence-corrected chi connectivity index (χ0v) is 11.7. The van der Waals surface area contributed by atoms with Gasteiger partial charge in [-0.3, -0.25) is 0 Å². The molecule has 0 fully saturated rings. The number of halogens is 4. The summed E-state index contributed by atoms with van der Waals surface area (Å²) in [5.74, 6) is 0. The van der Waals surface area contributed by atoms with Crippen molar-refractivity contribution >= 4 is 46.4 Å². The molecule has 0 aliphatic rings. The van der Waals surface area contributed by atoms with Gasteiger partial charge in [0.15, 0.2) is 0 Å². The van der Waals surface area contributed by atoms with E-state index >= 15 is 0 Å². The lowest BCUT2D eigenvalue weighted by molar-refractivity contribution is 1.14. The summed E-state index contributed by atoms with van der Waals surface area (Å²) in [5, 5.41) is 1.55. The van der Waals surface area contributed by atoms with E-state index in [9.17, 15) is 0 Å². The minimum atomic E-state index is -0.288. The van der Waals surface area contributed by atoms with Crippen molar-refractivity contribution < 1.29 is 0 Å². The summed E-state index contributed by atoms with van der Waals surface area (Å²) < 4.78 is 0. The summed E-state index contributed by atoms with van der Waals surface area (Å²) in [6, 6.07) is 12.7. The fraction of sp³-hybridized carbons (Fsp3) is 0.0769. The molecular weight excluding hydrogens is 298 g/mol. The second kappa shape index (κ2) is 5.49. The number of rotatable bonds is 2. The van der Waals surface area contributed by atoms with E-state index in [4.69, 9.17) is 46.4 Å². The lowest BCUT2D eigenvalue weighted by atomic mass is 10.0. The average molecular weight is 306 g/mol. The highest BCUT2D eigenvalue weighted by Gasteiger charge is 2.12. The zero-order valence-electron chi connectivity index (χ0n) is 8.63. The molecule has 0 aromatic heterocycles. The van der Waals surface area contributed by atoms with E-state index in [1.54, 1.807) is 30.3 Å². The molecule has 0 saturated carbocycles. The molecule has 1 atom stereocenters. The van der Waals surface area contributed by atoms with Gasteiger partial charge in [-0.05, 0) is 41.5 Å². The summed E-state index contributed by atoms with van der Waals surface area (Å²) in [4.78, 5) is 0. The molecular formula is C13H8Cl4. The summed E-state index contributed by atoms with van der Waals surface area (Å²) >= 11 is 24.1. The van der Waals surface area contributed by atoms with Gasteiger partial charge in [0, 0.05) is 15.1 Å². The Balaban J connectivity index is 2.36. The lowest BCUT2D eigenvalue weighted by Crippen LogP contribution is -1.93. The predicted molar refractivity (Wildman–Crippen MR) is 75.6 cm³/mol. The van der Waals surface area contributed by atoms with Crippen LogP contribution >= 0.6 is 46.4 Å². The third kappa shape index (κ3) is 3.29. The minimum Gasteiger partial charge on any atom is -0.113 e. The quantitative estimate of drug-likeness (QED) is 0.599. The number of benzene rings is 2. The summed E-state index contributed by atoms with van der Waals surface area (Å²) in [5.41, 5.74) is 1.82. The zero-order chi connectivity index (χ0) is 12.4. The Morgan fingerprint density at radius 1 is 0.647 bits per heavy atom. The number of hydrogen-bond acceptors (Lipinski definition) is 0. The smallest absolute Gasteiger partial charge is 0.0836 e. The van der Waals surface area contributed by atoms with Crippen molar-refractivity contribution in [3.63, 3.8) is 0 Å². The Hall–Kier alpha value is -0.400. The molecule has 0 heterocycles. The van der Waals surface area contributed by atoms with Crippen molar-refractivity contribution in [2.45, 2.75) is 5.38 Å². The fourth-order valence-electron chi connectivity index (χ4n) is 1.55. The normalized spacial score (nSPS) is 12.5. The third-order valence-corrected chi connectivity index (χ3v) is 3.53. The molecule has 4 heteroatoms. The number of alkyl halides is 1. The summed E-state index contributed by atoms with van der Waals surface area (Å²) in [6.07, 6.45) is 0. The van der Waals surface area contributed by atoms with Crippen molar-refractivity contribution in [1.29, 1.82) is 0 Å². The van der Waals surface area contributed by atoms with Crippen LogP contribution in [-0.2, 0) is 0 Å². The molecule has 0 amide bonds. The molecule has 0 aliphatic carbocycles. The average Bonchev–Trinajstić information content (AvgIpc) is 2.28. The van der Waals surface area contributed by atoms with Crippen LogP contribution in [0.2, 0.25) is 15.1 Å². The van der Waals surface area contributed by atoms with Gasteiger partial charge in [-0.1, -0.05) is 46.9 Å². The molecule has 17 heavy (non-hydrogen) atoms. The third-order valence-electron chi connectivity index (χ3n) is 2.34. The molecule has 0 aliphatic heterocycles. The Morgan fingerprint density at radius 2 is 1.18 bits per heavy atom. The first kappa shape index (κ1) is 13.0. The monoisotopic (exact) mass is 304 g/mol. The van der Waals surface area contributed by atoms with E-state index in [2.05, 4.69) is 0 Å². The van der Waals surface area contributed by atoms with Gasteiger partial charge >= 0.3 is 0 Å². The van der Waals surface area contributed by atoms with Crippen LogP contribution in [0.25, 0.3) is 0 Å². The number of hydrogen-bond donors (Lipinski definition) is 0. The SMILES string of the molecule is Clc1ccc(C(Cl)c2cc(Cl)cc(Cl)c2)cc1. The second-order valence-corrected chi connectivity index (χ2v) is 5.36. The van der Waals surface area contributed by atoms with E-state index < -0.39 is 0 Å². The van der Waals surface area contributed by atoms with Crippen LogP contribution < -0.4 is 0 Å². The van der Waals surface area contributed by atoms with Crippen molar-refractivity contribution in [2.75, 3.05) is 0 Å². The standard InChI is InChI=1S/C13H8Cl4/c14-10-3-1-8(2-4-10)13(17)9-5-11(15)7-12(16)6-9/h1-7,13H. The lowest BCUT2D eigenvalue weighted by Gasteiger charge is -2.11. The Kier molecular flexibility index (Phi) is 4.22. The predicted octanol–water partition coefficient (Wildman–Crippen LogP) is 5.98. The topological polar surface area (TPSA) is 0 Å². The van der Waals surface area contributed by atoms with E-state index in [0.717, 1.165) is 11.1 Å². The molecule has 2 aromatic rings. The largest absolute Gasteiger partial charge is 0.113 e. The molecule has 2 aromatic carbocycles. The highest BCUT2D eigenvalue weighted by atomic mass is 35.5. The van der Waals surface area contributed by atoms with Gasteiger partial charge in [0.25, 0.3) is 0 Å². The first-order valence-corrected chi connectivity index (χ1v) is 6.49. The van der Waals surface area contributed by atoms with Crippen molar-refractivity contribution in [3.05, 3.63) is 68.7 Å². The van der Waals surface area contributed by atoms with Gasteiger partial charge in [0.1, 0.15) is 0 Å². The van der Waals surface area contributed by atoms with Gasteiger partial charge in [0.2, 0.25) is 0 Å². The minimum absolute atomic E-state index is 0.288. The van der Waals surface area contributed by atoms with Crippen LogP contribution in [0, 0.1) is 0 Å². The fourth-order valence-corrected chi connectivity index (χ4v) is 2.49. The van der Waals surface area contributed by atoms with Gasteiger partial charge in [-0.2, -0.15) is 0 Å². The molecule has 0 bridgehead atoms. The van der Waals surface area contributed by atoms with Crippen LogP contribution in [0.5, 0.6) is 0 Å². The molecule has 1 unspecified atom stereocenters. The van der Waals surface area contributed by atoms with Crippen molar-refractivity contribution in [1.82, 2.24) is 0 Å². The maximum Gasteiger partial charge on any atom is 0.0836 e. The van der Waals surface area contributed by atoms with E-state index in [0.29, 0.717) is 15.1 Å². The summed E-state index contributed by atoms with van der Waals surface area (Å²) in [7, 11) is 0. The van der Waals surface area contributed by atoms with Crippen LogP contribution in [0.4, 0.5) is 0 Å². The van der Waals surface area contributed by atoms with Gasteiger partial charge < -0.3 is 0 Å².